The van der Waals surface area contributed by atoms with Crippen molar-refractivity contribution in [1.29, 1.82) is 0 Å². The zero-order chi connectivity index (χ0) is 14.0. The van der Waals surface area contributed by atoms with E-state index in [4.69, 9.17) is 9.84 Å². The van der Waals surface area contributed by atoms with Gasteiger partial charge in [0.1, 0.15) is 17.1 Å². The SMILES string of the molecule is COc1ccc(-c2ccc(O)c(C(=O)O)c2)cc1C. The zero-order valence-electron chi connectivity index (χ0n) is 10.7. The van der Waals surface area contributed by atoms with E-state index in [-0.39, 0.29) is 11.3 Å². The highest BCUT2D eigenvalue weighted by Gasteiger charge is 2.11. The van der Waals surface area contributed by atoms with Crippen LogP contribution in [0.25, 0.3) is 11.1 Å². The third kappa shape index (κ3) is 2.52. The molecule has 0 saturated heterocycles. The molecule has 0 aromatic heterocycles. The number of rotatable bonds is 3. The summed E-state index contributed by atoms with van der Waals surface area (Å²) in [7, 11) is 1.60. The maximum atomic E-state index is 11.0. The third-order valence-corrected chi connectivity index (χ3v) is 2.96. The van der Waals surface area contributed by atoms with Gasteiger partial charge in [-0.2, -0.15) is 0 Å². The van der Waals surface area contributed by atoms with E-state index in [1.54, 1.807) is 13.2 Å². The van der Waals surface area contributed by atoms with E-state index >= 15 is 0 Å². The molecule has 4 nitrogen and oxygen atoms in total. The van der Waals surface area contributed by atoms with Gasteiger partial charge in [0.15, 0.2) is 0 Å². The monoisotopic (exact) mass is 258 g/mol. The standard InChI is InChI=1S/C15H14O4/c1-9-7-10(4-6-14(9)19-2)11-3-5-13(16)12(8-11)15(17)18/h3-8,16H,1-2H3,(H,17,18). The van der Waals surface area contributed by atoms with Crippen LogP contribution in [0.4, 0.5) is 0 Å². The molecule has 2 rings (SSSR count). The summed E-state index contributed by atoms with van der Waals surface area (Å²) < 4.78 is 5.18. The van der Waals surface area contributed by atoms with Gasteiger partial charge in [-0.25, -0.2) is 4.79 Å². The average molecular weight is 258 g/mol. The first kappa shape index (κ1) is 13.0. The number of aromatic carboxylic acids is 1. The Bertz CT molecular complexity index is 632. The Morgan fingerprint density at radius 2 is 1.74 bits per heavy atom. The molecule has 0 unspecified atom stereocenters. The van der Waals surface area contributed by atoms with Gasteiger partial charge in [-0.15, -0.1) is 0 Å². The van der Waals surface area contributed by atoms with E-state index in [0.717, 1.165) is 22.4 Å². The lowest BCUT2D eigenvalue weighted by Gasteiger charge is -2.09. The molecular formula is C15H14O4. The van der Waals surface area contributed by atoms with Gasteiger partial charge in [-0.1, -0.05) is 12.1 Å². The summed E-state index contributed by atoms with van der Waals surface area (Å²) in [6.07, 6.45) is 0. The predicted molar refractivity (Wildman–Crippen MR) is 71.8 cm³/mol. The van der Waals surface area contributed by atoms with E-state index in [1.165, 1.54) is 12.1 Å². The van der Waals surface area contributed by atoms with Crippen LogP contribution in [0.3, 0.4) is 0 Å². The fourth-order valence-corrected chi connectivity index (χ4v) is 1.94. The molecule has 0 spiro atoms. The molecule has 0 saturated carbocycles. The molecule has 0 fully saturated rings. The van der Waals surface area contributed by atoms with Crippen LogP contribution in [0.2, 0.25) is 0 Å². The minimum absolute atomic E-state index is 0.106. The Labute approximate surface area is 110 Å². The normalized spacial score (nSPS) is 10.2. The van der Waals surface area contributed by atoms with Crippen LogP contribution in [0.1, 0.15) is 15.9 Å². The molecule has 0 aliphatic carbocycles. The van der Waals surface area contributed by atoms with E-state index < -0.39 is 5.97 Å². The van der Waals surface area contributed by atoms with Crippen LogP contribution in [-0.2, 0) is 0 Å². The van der Waals surface area contributed by atoms with E-state index in [2.05, 4.69) is 0 Å². The average Bonchev–Trinajstić information content (AvgIpc) is 2.38. The van der Waals surface area contributed by atoms with E-state index in [9.17, 15) is 9.90 Å². The molecule has 2 N–H and O–H groups in total. The van der Waals surface area contributed by atoms with Gasteiger partial charge in [0.25, 0.3) is 0 Å². The van der Waals surface area contributed by atoms with Crippen LogP contribution in [-0.4, -0.2) is 23.3 Å². The fourth-order valence-electron chi connectivity index (χ4n) is 1.94. The lowest BCUT2D eigenvalue weighted by atomic mass is 10.0. The van der Waals surface area contributed by atoms with Crippen molar-refractivity contribution in [2.45, 2.75) is 6.92 Å². The summed E-state index contributed by atoms with van der Waals surface area (Å²) in [5.74, 6) is -0.605. The first-order chi connectivity index (χ1) is 9.02. The minimum Gasteiger partial charge on any atom is -0.507 e. The minimum atomic E-state index is -1.15. The Hall–Kier alpha value is -2.49. The molecule has 4 heteroatoms. The molecule has 0 aliphatic rings. The summed E-state index contributed by atoms with van der Waals surface area (Å²) in [4.78, 5) is 11.0. The van der Waals surface area contributed by atoms with Crippen LogP contribution in [0, 0.1) is 6.92 Å². The molecule has 98 valence electrons. The largest absolute Gasteiger partial charge is 0.507 e. The molecule has 0 heterocycles. The van der Waals surface area contributed by atoms with Gasteiger partial charge in [0, 0.05) is 0 Å². The van der Waals surface area contributed by atoms with Crippen molar-refractivity contribution in [2.75, 3.05) is 7.11 Å². The number of carbonyl (C=O) groups is 1. The highest BCUT2D eigenvalue weighted by atomic mass is 16.5. The number of aromatic hydroxyl groups is 1. The second-order valence-corrected chi connectivity index (χ2v) is 4.22. The zero-order valence-corrected chi connectivity index (χ0v) is 10.7. The lowest BCUT2D eigenvalue weighted by Crippen LogP contribution is -1.97. The number of methoxy groups -OCH3 is 1. The molecule has 2 aromatic rings. The maximum Gasteiger partial charge on any atom is 0.339 e. The highest BCUT2D eigenvalue weighted by Crippen LogP contribution is 2.29. The van der Waals surface area contributed by atoms with Crippen molar-refractivity contribution in [3.05, 3.63) is 47.5 Å². The Balaban J connectivity index is 2.50. The molecular weight excluding hydrogens is 244 g/mol. The Morgan fingerprint density at radius 1 is 1.11 bits per heavy atom. The third-order valence-electron chi connectivity index (χ3n) is 2.96. The molecule has 0 bridgehead atoms. The molecule has 0 amide bonds. The second kappa shape index (κ2) is 5.02. The van der Waals surface area contributed by atoms with Gasteiger partial charge in [0.2, 0.25) is 0 Å². The van der Waals surface area contributed by atoms with Crippen LogP contribution < -0.4 is 4.74 Å². The molecule has 19 heavy (non-hydrogen) atoms. The Kier molecular flexibility index (Phi) is 3.42. The van der Waals surface area contributed by atoms with Gasteiger partial charge in [-0.3, -0.25) is 0 Å². The highest BCUT2D eigenvalue weighted by molar-refractivity contribution is 5.92. The number of carboxylic acids is 1. The van der Waals surface area contributed by atoms with Crippen LogP contribution in [0.5, 0.6) is 11.5 Å². The van der Waals surface area contributed by atoms with Gasteiger partial charge >= 0.3 is 5.97 Å². The molecule has 0 radical (unpaired) electrons. The van der Waals surface area contributed by atoms with Gasteiger partial charge < -0.3 is 14.9 Å². The number of aryl methyl sites for hydroxylation is 1. The number of ether oxygens (including phenoxy) is 1. The van der Waals surface area contributed by atoms with E-state index in [1.807, 2.05) is 25.1 Å². The summed E-state index contributed by atoms with van der Waals surface area (Å²) in [5, 5.41) is 18.5. The van der Waals surface area contributed by atoms with Gasteiger partial charge in [-0.05, 0) is 47.9 Å². The van der Waals surface area contributed by atoms with Crippen molar-refractivity contribution in [3.63, 3.8) is 0 Å². The Morgan fingerprint density at radius 3 is 2.32 bits per heavy atom. The number of hydrogen-bond acceptors (Lipinski definition) is 3. The summed E-state index contributed by atoms with van der Waals surface area (Å²) in [5.41, 5.74) is 2.47. The fraction of sp³-hybridized carbons (Fsp3) is 0.133. The smallest absolute Gasteiger partial charge is 0.339 e. The number of carboxylic acid groups (broad SMARTS) is 1. The van der Waals surface area contributed by atoms with E-state index in [0.29, 0.717) is 0 Å². The molecule has 0 atom stereocenters. The summed E-state index contributed by atoms with van der Waals surface area (Å²) in [6.45, 7) is 1.92. The van der Waals surface area contributed by atoms with Crippen LogP contribution in [0.15, 0.2) is 36.4 Å². The first-order valence-electron chi connectivity index (χ1n) is 5.74. The number of hydrogen-bond donors (Lipinski definition) is 2. The summed E-state index contributed by atoms with van der Waals surface area (Å²) >= 11 is 0. The maximum absolute atomic E-state index is 11.0. The first-order valence-corrected chi connectivity index (χ1v) is 5.74. The van der Waals surface area contributed by atoms with Crippen molar-refractivity contribution in [3.8, 4) is 22.6 Å². The van der Waals surface area contributed by atoms with Crippen molar-refractivity contribution < 1.29 is 19.7 Å². The number of phenols is 1. The van der Waals surface area contributed by atoms with Gasteiger partial charge in [0.05, 0.1) is 7.11 Å². The second-order valence-electron chi connectivity index (χ2n) is 4.22. The molecule has 2 aromatic carbocycles. The summed E-state index contributed by atoms with van der Waals surface area (Å²) in [6, 6.07) is 10.1. The predicted octanol–water partition coefficient (Wildman–Crippen LogP) is 3.07. The molecule has 0 aliphatic heterocycles. The lowest BCUT2D eigenvalue weighted by molar-refractivity contribution is 0.0694. The van der Waals surface area contributed by atoms with Crippen molar-refractivity contribution >= 4 is 5.97 Å². The van der Waals surface area contributed by atoms with Crippen LogP contribution >= 0.6 is 0 Å². The quantitative estimate of drug-likeness (QED) is 0.887. The number of benzene rings is 2. The topological polar surface area (TPSA) is 66.8 Å². The van der Waals surface area contributed by atoms with Crippen molar-refractivity contribution in [2.24, 2.45) is 0 Å². The van der Waals surface area contributed by atoms with Crippen molar-refractivity contribution in [1.82, 2.24) is 0 Å².